The van der Waals surface area contributed by atoms with E-state index >= 15 is 0 Å². The molecule has 3 heterocycles. The summed E-state index contributed by atoms with van der Waals surface area (Å²) in [6.07, 6.45) is 1.68. The van der Waals surface area contributed by atoms with Crippen LogP contribution in [0.4, 0.5) is 4.39 Å². The zero-order valence-corrected chi connectivity index (χ0v) is 15.2. The van der Waals surface area contributed by atoms with Crippen LogP contribution in [0, 0.1) is 5.82 Å². The second-order valence-corrected chi connectivity index (χ2v) is 6.97. The molecule has 1 atom stereocenters. The quantitative estimate of drug-likeness (QED) is 0.726. The number of aromatic amines is 1. The summed E-state index contributed by atoms with van der Waals surface area (Å²) < 4.78 is 14.8. The van der Waals surface area contributed by atoms with Gasteiger partial charge in [-0.15, -0.1) is 0 Å². The number of carboxylic acid groups (broad SMARTS) is 1. The van der Waals surface area contributed by atoms with Crippen LogP contribution in [0.1, 0.15) is 50.6 Å². The van der Waals surface area contributed by atoms with Gasteiger partial charge in [0.05, 0.1) is 13.1 Å². The highest BCUT2D eigenvalue weighted by Crippen LogP contribution is 2.32. The molecule has 0 unspecified atom stereocenters. The van der Waals surface area contributed by atoms with Gasteiger partial charge in [-0.3, -0.25) is 9.48 Å². The predicted octanol–water partition coefficient (Wildman–Crippen LogP) is 2.86. The average molecular weight is 382 g/mol. The Balaban J connectivity index is 1.69. The molecule has 2 N–H and O–H groups in total. The molecule has 3 aromatic rings. The molecule has 0 spiro atoms. The minimum atomic E-state index is -1.13. The Kier molecular flexibility index (Phi) is 4.46. The van der Waals surface area contributed by atoms with E-state index in [0.29, 0.717) is 24.3 Å². The Morgan fingerprint density at radius 2 is 2.04 bits per heavy atom. The van der Waals surface area contributed by atoms with Crippen LogP contribution >= 0.6 is 0 Å². The molecular weight excluding hydrogens is 363 g/mol. The first-order valence-corrected chi connectivity index (χ1v) is 8.94. The summed E-state index contributed by atoms with van der Waals surface area (Å²) in [4.78, 5) is 29.0. The first-order valence-electron chi connectivity index (χ1n) is 8.94. The third-order valence-electron chi connectivity index (χ3n) is 4.97. The van der Waals surface area contributed by atoms with Crippen LogP contribution in [-0.2, 0) is 13.1 Å². The number of carbonyl (C=O) groups excluding carboxylic acids is 1. The van der Waals surface area contributed by atoms with E-state index in [2.05, 4.69) is 10.1 Å². The summed E-state index contributed by atoms with van der Waals surface area (Å²) in [5, 5.41) is 13.9. The minimum absolute atomic E-state index is 0.0482. The van der Waals surface area contributed by atoms with Crippen molar-refractivity contribution in [3.05, 3.63) is 76.6 Å². The molecule has 1 aliphatic rings. The monoisotopic (exact) mass is 382 g/mol. The number of carboxylic acids is 1. The summed E-state index contributed by atoms with van der Waals surface area (Å²) in [6.45, 7) is 2.92. The van der Waals surface area contributed by atoms with Gasteiger partial charge in [0.15, 0.2) is 5.69 Å². The molecule has 0 saturated carbocycles. The van der Waals surface area contributed by atoms with E-state index in [1.54, 1.807) is 40.0 Å². The third kappa shape index (κ3) is 3.17. The Morgan fingerprint density at radius 1 is 1.29 bits per heavy atom. The van der Waals surface area contributed by atoms with E-state index in [0.717, 1.165) is 11.3 Å². The number of aromatic nitrogens is 3. The van der Waals surface area contributed by atoms with Crippen LogP contribution in [0.2, 0.25) is 0 Å². The fourth-order valence-electron chi connectivity index (χ4n) is 3.74. The summed E-state index contributed by atoms with van der Waals surface area (Å²) >= 11 is 0. The van der Waals surface area contributed by atoms with Crippen molar-refractivity contribution in [1.82, 2.24) is 19.7 Å². The van der Waals surface area contributed by atoms with Crippen LogP contribution in [0.3, 0.4) is 0 Å². The maximum atomic E-state index is 13.2. The minimum Gasteiger partial charge on any atom is -0.476 e. The van der Waals surface area contributed by atoms with Crippen molar-refractivity contribution in [3.8, 4) is 0 Å². The van der Waals surface area contributed by atoms with Gasteiger partial charge in [-0.05, 0) is 29.8 Å². The SMILES string of the molecule is C[C@@H]1CN(C(=O)c2ccc[nH]2)Cc2c(C(=O)O)nn(Cc3ccc(F)cc3)c21. The van der Waals surface area contributed by atoms with Crippen LogP contribution in [0.5, 0.6) is 0 Å². The van der Waals surface area contributed by atoms with Crippen molar-refractivity contribution in [2.75, 3.05) is 6.54 Å². The molecule has 1 amide bonds. The number of rotatable bonds is 4. The van der Waals surface area contributed by atoms with Crippen molar-refractivity contribution in [3.63, 3.8) is 0 Å². The standard InChI is InChI=1S/C20H19FN4O3/c1-12-9-24(19(26)16-3-2-8-22-16)11-15-17(20(27)28)23-25(18(12)15)10-13-4-6-14(21)7-5-13/h2-8,12,22H,9-11H2,1H3,(H,27,28)/t12-/m1/s1. The van der Waals surface area contributed by atoms with Gasteiger partial charge in [0.25, 0.3) is 5.91 Å². The highest BCUT2D eigenvalue weighted by Gasteiger charge is 2.34. The van der Waals surface area contributed by atoms with Gasteiger partial charge in [0.1, 0.15) is 11.5 Å². The number of H-pyrrole nitrogens is 1. The summed E-state index contributed by atoms with van der Waals surface area (Å²) in [5.41, 5.74) is 2.59. The maximum absolute atomic E-state index is 13.2. The van der Waals surface area contributed by atoms with E-state index in [4.69, 9.17) is 0 Å². The molecule has 0 bridgehead atoms. The highest BCUT2D eigenvalue weighted by molar-refractivity contribution is 5.93. The molecule has 4 rings (SSSR count). The first-order chi connectivity index (χ1) is 13.4. The van der Waals surface area contributed by atoms with E-state index in [9.17, 15) is 19.1 Å². The third-order valence-corrected chi connectivity index (χ3v) is 4.97. The number of hydrogen-bond donors (Lipinski definition) is 2. The van der Waals surface area contributed by atoms with Gasteiger partial charge >= 0.3 is 5.97 Å². The van der Waals surface area contributed by atoms with Crippen molar-refractivity contribution in [2.24, 2.45) is 0 Å². The Morgan fingerprint density at radius 3 is 2.68 bits per heavy atom. The largest absolute Gasteiger partial charge is 0.476 e. The molecule has 28 heavy (non-hydrogen) atoms. The second kappa shape index (κ2) is 6.95. The number of aromatic carboxylic acids is 1. The summed E-state index contributed by atoms with van der Waals surface area (Å²) in [5.74, 6) is -1.73. The van der Waals surface area contributed by atoms with Crippen molar-refractivity contribution in [1.29, 1.82) is 0 Å². The number of amides is 1. The van der Waals surface area contributed by atoms with Crippen LogP contribution in [-0.4, -0.2) is 43.2 Å². The number of nitrogens with one attached hydrogen (secondary N) is 1. The molecule has 0 aliphatic carbocycles. The molecular formula is C20H19FN4O3. The molecule has 0 radical (unpaired) electrons. The lowest BCUT2D eigenvalue weighted by atomic mass is 9.95. The van der Waals surface area contributed by atoms with Gasteiger partial charge in [-0.2, -0.15) is 5.10 Å². The summed E-state index contributed by atoms with van der Waals surface area (Å²) in [7, 11) is 0. The fourth-order valence-corrected chi connectivity index (χ4v) is 3.74. The van der Waals surface area contributed by atoms with E-state index in [1.165, 1.54) is 12.1 Å². The predicted molar refractivity (Wildman–Crippen MR) is 98.6 cm³/mol. The van der Waals surface area contributed by atoms with Crippen molar-refractivity contribution >= 4 is 11.9 Å². The highest BCUT2D eigenvalue weighted by atomic mass is 19.1. The summed E-state index contributed by atoms with van der Waals surface area (Å²) in [6, 6.07) is 9.47. The molecule has 0 fully saturated rings. The molecule has 8 heteroatoms. The van der Waals surface area contributed by atoms with Gasteiger partial charge < -0.3 is 15.0 Å². The molecule has 7 nitrogen and oxygen atoms in total. The lowest BCUT2D eigenvalue weighted by Crippen LogP contribution is -2.38. The number of benzene rings is 1. The van der Waals surface area contributed by atoms with Gasteiger partial charge in [-0.25, -0.2) is 9.18 Å². The van der Waals surface area contributed by atoms with Crippen LogP contribution in [0.15, 0.2) is 42.6 Å². The van der Waals surface area contributed by atoms with E-state index in [1.807, 2.05) is 6.92 Å². The molecule has 0 saturated heterocycles. The van der Waals surface area contributed by atoms with Crippen LogP contribution < -0.4 is 0 Å². The average Bonchev–Trinajstić information content (AvgIpc) is 3.31. The number of halogens is 1. The van der Waals surface area contributed by atoms with Gasteiger partial charge in [0.2, 0.25) is 0 Å². The molecule has 1 aliphatic heterocycles. The zero-order valence-electron chi connectivity index (χ0n) is 15.2. The van der Waals surface area contributed by atoms with Crippen LogP contribution in [0.25, 0.3) is 0 Å². The Bertz CT molecular complexity index is 1020. The number of fused-ring (bicyclic) bond motifs is 1. The maximum Gasteiger partial charge on any atom is 0.356 e. The zero-order chi connectivity index (χ0) is 19.8. The van der Waals surface area contributed by atoms with E-state index in [-0.39, 0.29) is 29.9 Å². The second-order valence-electron chi connectivity index (χ2n) is 6.97. The number of nitrogens with zero attached hydrogens (tertiary/aromatic N) is 3. The smallest absolute Gasteiger partial charge is 0.356 e. The molecule has 1 aromatic carbocycles. The molecule has 2 aromatic heterocycles. The topological polar surface area (TPSA) is 91.2 Å². The van der Waals surface area contributed by atoms with Gasteiger partial charge in [0, 0.05) is 29.9 Å². The number of hydrogen-bond acceptors (Lipinski definition) is 3. The van der Waals surface area contributed by atoms with Gasteiger partial charge in [-0.1, -0.05) is 19.1 Å². The number of carbonyl (C=O) groups is 2. The normalized spacial score (nSPS) is 16.1. The molecule has 144 valence electrons. The lowest BCUT2D eigenvalue weighted by molar-refractivity contribution is 0.0669. The fraction of sp³-hybridized carbons (Fsp3) is 0.250. The van der Waals surface area contributed by atoms with Crippen molar-refractivity contribution < 1.29 is 19.1 Å². The van der Waals surface area contributed by atoms with E-state index < -0.39 is 5.97 Å². The Labute approximate surface area is 160 Å². The first kappa shape index (κ1) is 18.0. The lowest BCUT2D eigenvalue weighted by Gasteiger charge is -2.31. The van der Waals surface area contributed by atoms with Crippen molar-refractivity contribution in [2.45, 2.75) is 25.9 Å². The Hall–Kier alpha value is -3.42.